The Morgan fingerprint density at radius 3 is 2.45 bits per heavy atom. The van der Waals surface area contributed by atoms with Crippen LogP contribution < -0.4 is 5.32 Å². The normalized spacial score (nSPS) is 18.7. The molecule has 216 valence electrons. The quantitative estimate of drug-likeness (QED) is 0.399. The monoisotopic (exact) mass is 554 g/mol. The average molecular weight is 555 g/mol. The predicted molar refractivity (Wildman–Crippen MR) is 150 cm³/mol. The minimum atomic E-state index is -1.87. The summed E-state index contributed by atoms with van der Waals surface area (Å²) in [5.74, 6) is 0.0664. The van der Waals surface area contributed by atoms with Crippen molar-refractivity contribution in [2.45, 2.75) is 64.3 Å². The van der Waals surface area contributed by atoms with Gasteiger partial charge in [-0.1, -0.05) is 11.2 Å². The fourth-order valence-electron chi connectivity index (χ4n) is 5.17. The molecule has 0 spiro atoms. The fourth-order valence-corrected chi connectivity index (χ4v) is 5.17. The third kappa shape index (κ3) is 7.74. The molecule has 2 aromatic heterocycles. The molecule has 2 aliphatic heterocycles. The first-order valence-corrected chi connectivity index (χ1v) is 13.7. The van der Waals surface area contributed by atoms with Gasteiger partial charge in [-0.25, -0.2) is 14.2 Å². The summed E-state index contributed by atoms with van der Waals surface area (Å²) in [6, 6.07) is 9.28. The number of piperidine rings is 2. The number of likely N-dealkylation sites (tertiary alicyclic amines) is 2. The van der Waals surface area contributed by atoms with E-state index in [1.165, 1.54) is 7.11 Å². The van der Waals surface area contributed by atoms with Crippen molar-refractivity contribution in [1.29, 1.82) is 0 Å². The van der Waals surface area contributed by atoms with Crippen LogP contribution in [0.5, 0.6) is 0 Å². The molecule has 40 heavy (non-hydrogen) atoms. The number of anilines is 1. The molecule has 4 heterocycles. The van der Waals surface area contributed by atoms with E-state index in [-0.39, 0.29) is 18.8 Å². The van der Waals surface area contributed by atoms with Gasteiger partial charge in [-0.05, 0) is 63.4 Å². The molecule has 1 N–H and O–H groups in total. The summed E-state index contributed by atoms with van der Waals surface area (Å²) in [7, 11) is 1.51. The van der Waals surface area contributed by atoms with Crippen molar-refractivity contribution in [2.24, 2.45) is 11.1 Å². The molecular weight excluding hydrogens is 515 g/mol. The van der Waals surface area contributed by atoms with Crippen LogP contribution >= 0.6 is 0 Å². The number of hydrogen-bond acceptors (Lipinski definition) is 8. The standard InChI is InChI=1S/C29H39FN6O4/c1-28(2,3)40-27(38)33-24-19-21(8-14-32-24)20-35-17-11-29(30,12-18-35)26(37)36-15-9-22(10-16-36)25(34-39-4)23-7-5-6-13-31-23/h5-8,13-14,19,22H,9-12,15-18,20H2,1-4H3,(H,32,33,38)/b34-25+. The molecule has 11 heteroatoms. The van der Waals surface area contributed by atoms with E-state index in [1.54, 1.807) is 44.1 Å². The first-order chi connectivity index (χ1) is 19.1. The molecule has 2 aliphatic rings. The van der Waals surface area contributed by atoms with Crippen molar-refractivity contribution in [1.82, 2.24) is 19.8 Å². The molecule has 0 bridgehead atoms. The van der Waals surface area contributed by atoms with E-state index in [2.05, 4.69) is 25.3 Å². The van der Waals surface area contributed by atoms with Crippen molar-refractivity contribution in [3.63, 3.8) is 0 Å². The third-order valence-electron chi connectivity index (χ3n) is 7.18. The van der Waals surface area contributed by atoms with Gasteiger partial charge < -0.3 is 14.5 Å². The summed E-state index contributed by atoms with van der Waals surface area (Å²) in [4.78, 5) is 42.7. The number of nitrogens with one attached hydrogen (secondary N) is 1. The molecule has 0 saturated carbocycles. The van der Waals surface area contributed by atoms with E-state index in [0.717, 1.165) is 17.0 Å². The summed E-state index contributed by atoms with van der Waals surface area (Å²) < 4.78 is 21.2. The molecule has 2 fully saturated rings. The van der Waals surface area contributed by atoms with Crippen LogP contribution in [-0.4, -0.2) is 82.0 Å². The Balaban J connectivity index is 1.28. The summed E-state index contributed by atoms with van der Waals surface area (Å²) in [5.41, 5.74) is -0.0236. The lowest BCUT2D eigenvalue weighted by Crippen LogP contribution is -2.54. The number of amides is 2. The molecular formula is C29H39FN6O4. The highest BCUT2D eigenvalue weighted by Gasteiger charge is 2.45. The van der Waals surface area contributed by atoms with Gasteiger partial charge in [0.2, 0.25) is 0 Å². The van der Waals surface area contributed by atoms with Crippen LogP contribution in [0.3, 0.4) is 0 Å². The Morgan fingerprint density at radius 1 is 1.10 bits per heavy atom. The number of carbonyl (C=O) groups excluding carboxylic acids is 2. The smallest absolute Gasteiger partial charge is 0.413 e. The molecule has 10 nitrogen and oxygen atoms in total. The van der Waals surface area contributed by atoms with E-state index in [1.807, 2.05) is 24.3 Å². The van der Waals surface area contributed by atoms with Gasteiger partial charge in [0.1, 0.15) is 24.2 Å². The fraction of sp³-hybridized carbons (Fsp3) is 0.552. The van der Waals surface area contributed by atoms with Crippen LogP contribution in [-0.2, 0) is 20.9 Å². The lowest BCUT2D eigenvalue weighted by atomic mass is 9.87. The molecule has 0 aromatic carbocycles. The first kappa shape index (κ1) is 29.4. The van der Waals surface area contributed by atoms with Gasteiger partial charge in [0, 0.05) is 63.9 Å². The summed E-state index contributed by atoms with van der Waals surface area (Å²) in [6.45, 7) is 7.81. The minimum absolute atomic E-state index is 0.0892. The van der Waals surface area contributed by atoms with Gasteiger partial charge in [0.25, 0.3) is 5.91 Å². The second-order valence-corrected chi connectivity index (χ2v) is 11.4. The Labute approximate surface area is 234 Å². The highest BCUT2D eigenvalue weighted by molar-refractivity contribution is 6.00. The lowest BCUT2D eigenvalue weighted by molar-refractivity contribution is -0.148. The maximum Gasteiger partial charge on any atom is 0.413 e. The zero-order chi connectivity index (χ0) is 28.8. The molecule has 0 radical (unpaired) electrons. The molecule has 0 unspecified atom stereocenters. The number of hydrogen-bond donors (Lipinski definition) is 1. The van der Waals surface area contributed by atoms with Crippen LogP contribution in [0.25, 0.3) is 0 Å². The average Bonchev–Trinajstić information content (AvgIpc) is 2.92. The van der Waals surface area contributed by atoms with E-state index in [9.17, 15) is 9.59 Å². The van der Waals surface area contributed by atoms with Crippen molar-refractivity contribution in [2.75, 3.05) is 38.6 Å². The lowest BCUT2D eigenvalue weighted by Gasteiger charge is -2.40. The van der Waals surface area contributed by atoms with Crippen molar-refractivity contribution >= 4 is 23.5 Å². The van der Waals surface area contributed by atoms with E-state index < -0.39 is 23.3 Å². The van der Waals surface area contributed by atoms with Crippen LogP contribution in [0.2, 0.25) is 0 Å². The van der Waals surface area contributed by atoms with E-state index >= 15 is 4.39 Å². The Morgan fingerprint density at radius 2 is 1.82 bits per heavy atom. The predicted octanol–water partition coefficient (Wildman–Crippen LogP) is 4.42. The van der Waals surface area contributed by atoms with Crippen LogP contribution in [0.1, 0.15) is 57.7 Å². The minimum Gasteiger partial charge on any atom is -0.444 e. The van der Waals surface area contributed by atoms with Gasteiger partial charge in [-0.3, -0.25) is 20.0 Å². The second-order valence-electron chi connectivity index (χ2n) is 11.4. The number of halogens is 1. The van der Waals surface area contributed by atoms with Crippen molar-refractivity contribution < 1.29 is 23.6 Å². The Kier molecular flexibility index (Phi) is 9.34. The molecule has 2 aromatic rings. The number of nitrogens with zero attached hydrogens (tertiary/aromatic N) is 5. The van der Waals surface area contributed by atoms with Crippen LogP contribution in [0, 0.1) is 5.92 Å². The van der Waals surface area contributed by atoms with Gasteiger partial charge in [0.05, 0.1) is 5.69 Å². The second kappa shape index (κ2) is 12.7. The molecule has 2 saturated heterocycles. The largest absolute Gasteiger partial charge is 0.444 e. The highest BCUT2D eigenvalue weighted by atomic mass is 19.1. The number of ether oxygens (including phenoxy) is 1. The molecule has 2 amide bonds. The van der Waals surface area contributed by atoms with Crippen molar-refractivity contribution in [3.8, 4) is 0 Å². The Bertz CT molecular complexity index is 1190. The van der Waals surface area contributed by atoms with Gasteiger partial charge in [-0.2, -0.15) is 0 Å². The maximum atomic E-state index is 15.9. The topological polar surface area (TPSA) is 109 Å². The van der Waals surface area contributed by atoms with Gasteiger partial charge in [-0.15, -0.1) is 0 Å². The zero-order valence-corrected chi connectivity index (χ0v) is 23.7. The van der Waals surface area contributed by atoms with Crippen LogP contribution in [0.4, 0.5) is 15.0 Å². The van der Waals surface area contributed by atoms with E-state index in [4.69, 9.17) is 9.57 Å². The number of carbonyl (C=O) groups is 2. The van der Waals surface area contributed by atoms with Crippen LogP contribution in [0.15, 0.2) is 47.9 Å². The molecule has 0 atom stereocenters. The van der Waals surface area contributed by atoms with Crippen molar-refractivity contribution in [3.05, 3.63) is 54.0 Å². The first-order valence-electron chi connectivity index (χ1n) is 13.7. The number of aromatic nitrogens is 2. The number of alkyl halides is 1. The van der Waals surface area contributed by atoms with Gasteiger partial charge >= 0.3 is 6.09 Å². The summed E-state index contributed by atoms with van der Waals surface area (Å²) >= 11 is 0. The maximum absolute atomic E-state index is 15.9. The SMILES string of the molecule is CO/N=C(/c1ccccn1)C1CCN(C(=O)C2(F)CCN(Cc3ccnc(NC(=O)OC(C)(C)C)c3)CC2)CC1. The number of oxime groups is 1. The summed E-state index contributed by atoms with van der Waals surface area (Å²) in [6.07, 6.45) is 4.40. The Hall–Kier alpha value is -3.60. The number of pyridine rings is 2. The van der Waals surface area contributed by atoms with Gasteiger partial charge in [0.15, 0.2) is 5.67 Å². The molecule has 4 rings (SSSR count). The highest BCUT2D eigenvalue weighted by Crippen LogP contribution is 2.32. The van der Waals surface area contributed by atoms with E-state index in [0.29, 0.717) is 51.4 Å². The summed E-state index contributed by atoms with van der Waals surface area (Å²) in [5, 5.41) is 6.86. The third-order valence-corrected chi connectivity index (χ3v) is 7.18. The number of rotatable bonds is 7. The molecule has 0 aliphatic carbocycles. The zero-order valence-electron chi connectivity index (χ0n) is 23.7.